The summed E-state index contributed by atoms with van der Waals surface area (Å²) in [5.41, 5.74) is 3.94. The summed E-state index contributed by atoms with van der Waals surface area (Å²) in [5, 5.41) is 4.63. The molecule has 0 bridgehead atoms. The van der Waals surface area contributed by atoms with E-state index in [0.717, 1.165) is 38.9 Å². The summed E-state index contributed by atoms with van der Waals surface area (Å²) in [4.78, 5) is 14.0. The molecule has 4 rings (SSSR count). The summed E-state index contributed by atoms with van der Waals surface area (Å²) in [6, 6.07) is 14.6. The van der Waals surface area contributed by atoms with Crippen LogP contribution in [-0.2, 0) is 5.41 Å². The van der Waals surface area contributed by atoms with Gasteiger partial charge in [-0.2, -0.15) is 0 Å². The van der Waals surface area contributed by atoms with Gasteiger partial charge in [0.25, 0.3) is 0 Å². The Labute approximate surface area is 147 Å². The van der Waals surface area contributed by atoms with Gasteiger partial charge in [-0.25, -0.2) is 0 Å². The molecule has 0 unspecified atom stereocenters. The SMILES string of the molecule is Cc1cc2ccc3c(-c4cccc(C(C)(C)C)n4)nccc3c2cn1. The maximum atomic E-state index is 4.88. The van der Waals surface area contributed by atoms with E-state index in [-0.39, 0.29) is 5.41 Å². The first-order chi connectivity index (χ1) is 11.9. The van der Waals surface area contributed by atoms with E-state index in [2.05, 4.69) is 67.1 Å². The van der Waals surface area contributed by atoms with Gasteiger partial charge in [0.2, 0.25) is 0 Å². The van der Waals surface area contributed by atoms with Crippen LogP contribution in [0, 0.1) is 6.92 Å². The van der Waals surface area contributed by atoms with E-state index < -0.39 is 0 Å². The summed E-state index contributed by atoms with van der Waals surface area (Å²) in [6.45, 7) is 8.55. The van der Waals surface area contributed by atoms with Crippen molar-refractivity contribution >= 4 is 21.5 Å². The Morgan fingerprint density at radius 1 is 0.840 bits per heavy atom. The van der Waals surface area contributed by atoms with Crippen molar-refractivity contribution in [3.63, 3.8) is 0 Å². The average Bonchev–Trinajstić information content (AvgIpc) is 2.60. The van der Waals surface area contributed by atoms with Crippen LogP contribution >= 0.6 is 0 Å². The molecule has 0 aliphatic heterocycles. The number of nitrogens with zero attached hydrogens (tertiary/aromatic N) is 3. The van der Waals surface area contributed by atoms with Gasteiger partial charge in [-0.1, -0.05) is 39.0 Å². The number of hydrogen-bond donors (Lipinski definition) is 0. The lowest BCUT2D eigenvalue weighted by molar-refractivity contribution is 0.569. The predicted octanol–water partition coefficient (Wildman–Crippen LogP) is 5.45. The first-order valence-electron chi connectivity index (χ1n) is 8.55. The zero-order chi connectivity index (χ0) is 17.6. The summed E-state index contributed by atoms with van der Waals surface area (Å²) in [6.07, 6.45) is 3.82. The molecule has 3 nitrogen and oxygen atoms in total. The molecule has 0 amide bonds. The Kier molecular flexibility index (Phi) is 3.53. The van der Waals surface area contributed by atoms with Gasteiger partial charge in [0.1, 0.15) is 0 Å². The second-order valence-electron chi connectivity index (χ2n) is 7.53. The van der Waals surface area contributed by atoms with Crippen LogP contribution in [-0.4, -0.2) is 15.0 Å². The van der Waals surface area contributed by atoms with Gasteiger partial charge in [0.15, 0.2) is 0 Å². The maximum absolute atomic E-state index is 4.88. The highest BCUT2D eigenvalue weighted by Gasteiger charge is 2.17. The van der Waals surface area contributed by atoms with Crippen LogP contribution in [0.15, 0.2) is 54.9 Å². The molecule has 0 saturated heterocycles. The molecule has 0 atom stereocenters. The molecule has 124 valence electrons. The van der Waals surface area contributed by atoms with Gasteiger partial charge < -0.3 is 0 Å². The molecule has 0 aliphatic rings. The molecule has 1 aromatic carbocycles. The molecule has 0 fully saturated rings. The molecule has 0 spiro atoms. The van der Waals surface area contributed by atoms with Gasteiger partial charge in [0.05, 0.1) is 11.4 Å². The Bertz CT molecular complexity index is 1090. The number of benzene rings is 1. The third kappa shape index (κ3) is 2.76. The van der Waals surface area contributed by atoms with Crippen LogP contribution in [0.3, 0.4) is 0 Å². The number of rotatable bonds is 1. The van der Waals surface area contributed by atoms with Gasteiger partial charge in [-0.3, -0.25) is 15.0 Å². The van der Waals surface area contributed by atoms with E-state index in [0.29, 0.717) is 0 Å². The molecule has 4 aromatic rings. The smallest absolute Gasteiger partial charge is 0.0964 e. The average molecular weight is 327 g/mol. The van der Waals surface area contributed by atoms with Crippen LogP contribution < -0.4 is 0 Å². The largest absolute Gasteiger partial charge is 0.261 e. The molecule has 3 aromatic heterocycles. The number of pyridine rings is 3. The number of hydrogen-bond acceptors (Lipinski definition) is 3. The summed E-state index contributed by atoms with van der Waals surface area (Å²) in [5.74, 6) is 0. The van der Waals surface area contributed by atoms with Gasteiger partial charge in [0, 0.05) is 40.0 Å². The van der Waals surface area contributed by atoms with E-state index in [1.807, 2.05) is 25.4 Å². The van der Waals surface area contributed by atoms with Gasteiger partial charge in [-0.05, 0) is 42.0 Å². The third-order valence-electron chi connectivity index (χ3n) is 4.54. The Morgan fingerprint density at radius 3 is 2.48 bits per heavy atom. The molecule has 0 aliphatic carbocycles. The second kappa shape index (κ2) is 5.62. The minimum atomic E-state index is 0.00867. The fourth-order valence-corrected chi connectivity index (χ4v) is 3.18. The first kappa shape index (κ1) is 15.7. The highest BCUT2D eigenvalue weighted by molar-refractivity contribution is 6.10. The highest BCUT2D eigenvalue weighted by Crippen LogP contribution is 2.31. The Morgan fingerprint density at radius 2 is 1.68 bits per heavy atom. The lowest BCUT2D eigenvalue weighted by atomic mass is 9.91. The molecule has 0 saturated carbocycles. The zero-order valence-corrected chi connectivity index (χ0v) is 15.0. The molecular weight excluding hydrogens is 306 g/mol. The van der Waals surface area contributed by atoms with E-state index in [1.54, 1.807) is 0 Å². The first-order valence-corrected chi connectivity index (χ1v) is 8.55. The molecule has 3 heterocycles. The number of aromatic nitrogens is 3. The van der Waals surface area contributed by atoms with E-state index in [1.165, 1.54) is 5.39 Å². The summed E-state index contributed by atoms with van der Waals surface area (Å²) >= 11 is 0. The predicted molar refractivity (Wildman–Crippen MR) is 104 cm³/mol. The van der Waals surface area contributed by atoms with E-state index in [4.69, 9.17) is 4.98 Å². The fraction of sp³-hybridized carbons (Fsp3) is 0.227. The standard InChI is InChI=1S/C22H21N3/c1-14-12-15-8-9-17-16(18(15)13-24-14)10-11-23-21(17)19-6-5-7-20(25-19)22(2,3)4/h5-13H,1-4H3. The lowest BCUT2D eigenvalue weighted by Crippen LogP contribution is -2.13. The molecule has 0 N–H and O–H groups in total. The van der Waals surface area contributed by atoms with Crippen LogP contribution in [0.1, 0.15) is 32.2 Å². The van der Waals surface area contributed by atoms with Crippen LogP contribution in [0.2, 0.25) is 0 Å². The molecule has 25 heavy (non-hydrogen) atoms. The van der Waals surface area contributed by atoms with Crippen LogP contribution in [0.5, 0.6) is 0 Å². The van der Waals surface area contributed by atoms with Crippen molar-refractivity contribution in [3.05, 3.63) is 66.2 Å². The normalized spacial score (nSPS) is 12.0. The van der Waals surface area contributed by atoms with Crippen molar-refractivity contribution in [1.82, 2.24) is 15.0 Å². The van der Waals surface area contributed by atoms with Crippen molar-refractivity contribution in [1.29, 1.82) is 0 Å². The molecule has 3 heteroatoms. The summed E-state index contributed by atoms with van der Waals surface area (Å²) in [7, 11) is 0. The topological polar surface area (TPSA) is 38.7 Å². The fourth-order valence-electron chi connectivity index (χ4n) is 3.18. The number of aryl methyl sites for hydroxylation is 1. The quantitative estimate of drug-likeness (QED) is 0.436. The Balaban J connectivity index is 1.99. The van der Waals surface area contributed by atoms with Crippen molar-refractivity contribution in [2.24, 2.45) is 0 Å². The zero-order valence-electron chi connectivity index (χ0n) is 15.0. The van der Waals surface area contributed by atoms with Crippen molar-refractivity contribution in [2.45, 2.75) is 33.1 Å². The number of fused-ring (bicyclic) bond motifs is 3. The molecule has 0 radical (unpaired) electrons. The Hall–Kier alpha value is -2.81. The highest BCUT2D eigenvalue weighted by atomic mass is 14.8. The monoisotopic (exact) mass is 327 g/mol. The van der Waals surface area contributed by atoms with Crippen LogP contribution in [0.4, 0.5) is 0 Å². The van der Waals surface area contributed by atoms with E-state index in [9.17, 15) is 0 Å². The van der Waals surface area contributed by atoms with Crippen molar-refractivity contribution in [3.8, 4) is 11.4 Å². The third-order valence-corrected chi connectivity index (χ3v) is 4.54. The lowest BCUT2D eigenvalue weighted by Gasteiger charge is -2.18. The van der Waals surface area contributed by atoms with E-state index >= 15 is 0 Å². The second-order valence-corrected chi connectivity index (χ2v) is 7.53. The minimum absolute atomic E-state index is 0.00867. The summed E-state index contributed by atoms with van der Waals surface area (Å²) < 4.78 is 0. The van der Waals surface area contributed by atoms with Crippen molar-refractivity contribution < 1.29 is 0 Å². The van der Waals surface area contributed by atoms with Gasteiger partial charge >= 0.3 is 0 Å². The minimum Gasteiger partial charge on any atom is -0.261 e. The molecular formula is C22H21N3. The maximum Gasteiger partial charge on any atom is 0.0964 e. The van der Waals surface area contributed by atoms with Crippen LogP contribution in [0.25, 0.3) is 32.9 Å². The van der Waals surface area contributed by atoms with Gasteiger partial charge in [-0.15, -0.1) is 0 Å². The van der Waals surface area contributed by atoms with Crippen molar-refractivity contribution in [2.75, 3.05) is 0 Å².